The molecule has 0 spiro atoms. The van der Waals surface area contributed by atoms with E-state index in [0.29, 0.717) is 26.3 Å². The number of thiophene rings is 1. The number of ether oxygens (including phenoxy) is 1. The summed E-state index contributed by atoms with van der Waals surface area (Å²) in [4.78, 5) is 16.9. The molecule has 0 aromatic carbocycles. The van der Waals surface area contributed by atoms with Crippen molar-refractivity contribution in [1.82, 2.24) is 25.3 Å². The van der Waals surface area contributed by atoms with E-state index in [4.69, 9.17) is 4.74 Å². The Hall–Kier alpha value is -2.58. The Morgan fingerprint density at radius 2 is 2.36 bits per heavy atom. The zero-order valence-electron chi connectivity index (χ0n) is 13.5. The molecule has 0 aliphatic carbocycles. The molecule has 8 heteroatoms. The van der Waals surface area contributed by atoms with Crippen LogP contribution in [0.2, 0.25) is 0 Å². The minimum atomic E-state index is -0.0471. The van der Waals surface area contributed by atoms with Crippen LogP contribution in [0.5, 0.6) is 0 Å². The van der Waals surface area contributed by atoms with Crippen molar-refractivity contribution >= 4 is 17.2 Å². The van der Waals surface area contributed by atoms with Gasteiger partial charge in [-0.15, -0.1) is 16.4 Å². The predicted octanol–water partition coefficient (Wildman–Crippen LogP) is 1.98. The number of aromatic nitrogens is 4. The average molecular weight is 355 g/mol. The van der Waals surface area contributed by atoms with Crippen LogP contribution in [0.4, 0.5) is 0 Å². The monoisotopic (exact) mass is 355 g/mol. The zero-order chi connectivity index (χ0) is 17.1. The van der Waals surface area contributed by atoms with Crippen LogP contribution < -0.4 is 5.32 Å². The highest BCUT2D eigenvalue weighted by atomic mass is 32.1. The second-order valence-corrected chi connectivity index (χ2v) is 6.82. The van der Waals surface area contributed by atoms with Crippen LogP contribution in [0.1, 0.15) is 15.4 Å². The van der Waals surface area contributed by atoms with Crippen molar-refractivity contribution < 1.29 is 9.53 Å². The number of pyridine rings is 1. The lowest BCUT2D eigenvalue weighted by atomic mass is 10.1. The Kier molecular flexibility index (Phi) is 4.53. The molecule has 25 heavy (non-hydrogen) atoms. The SMILES string of the molecule is O=C(NC[C@H]1COCc2c(-c3cccnc3)nnn2C1)c1cccs1. The van der Waals surface area contributed by atoms with Crippen molar-refractivity contribution in [1.29, 1.82) is 0 Å². The summed E-state index contributed by atoms with van der Waals surface area (Å²) in [6.45, 7) is 2.22. The molecule has 1 aliphatic rings. The predicted molar refractivity (Wildman–Crippen MR) is 93.1 cm³/mol. The molecule has 1 aliphatic heterocycles. The van der Waals surface area contributed by atoms with Gasteiger partial charge in [0.1, 0.15) is 5.69 Å². The summed E-state index contributed by atoms with van der Waals surface area (Å²) in [7, 11) is 0. The van der Waals surface area contributed by atoms with Gasteiger partial charge in [0.25, 0.3) is 5.91 Å². The minimum absolute atomic E-state index is 0.0471. The third kappa shape index (κ3) is 3.45. The molecule has 3 aromatic rings. The third-order valence-electron chi connectivity index (χ3n) is 4.09. The van der Waals surface area contributed by atoms with Crippen LogP contribution in [0, 0.1) is 5.92 Å². The van der Waals surface area contributed by atoms with Crippen molar-refractivity contribution in [2.75, 3.05) is 13.2 Å². The number of carbonyl (C=O) groups excluding carboxylic acids is 1. The lowest BCUT2D eigenvalue weighted by molar-refractivity contribution is 0.0855. The molecule has 0 radical (unpaired) electrons. The fourth-order valence-electron chi connectivity index (χ4n) is 2.82. The van der Waals surface area contributed by atoms with Gasteiger partial charge in [0.15, 0.2) is 0 Å². The molecule has 0 bridgehead atoms. The molecule has 0 unspecified atom stereocenters. The molecule has 1 atom stereocenters. The fourth-order valence-corrected chi connectivity index (χ4v) is 3.46. The molecule has 0 fully saturated rings. The number of carbonyl (C=O) groups is 1. The van der Waals surface area contributed by atoms with E-state index in [1.165, 1.54) is 11.3 Å². The highest BCUT2D eigenvalue weighted by molar-refractivity contribution is 7.12. The van der Waals surface area contributed by atoms with E-state index in [0.717, 1.165) is 21.8 Å². The van der Waals surface area contributed by atoms with Gasteiger partial charge in [-0.25, -0.2) is 4.68 Å². The summed E-state index contributed by atoms with van der Waals surface area (Å²) in [5.41, 5.74) is 2.67. The molecular weight excluding hydrogens is 338 g/mol. The average Bonchev–Trinajstić information content (AvgIpc) is 3.27. The Morgan fingerprint density at radius 3 is 3.16 bits per heavy atom. The summed E-state index contributed by atoms with van der Waals surface area (Å²) in [5.74, 6) is 0.0997. The minimum Gasteiger partial charge on any atom is -0.375 e. The second-order valence-electron chi connectivity index (χ2n) is 5.88. The maximum Gasteiger partial charge on any atom is 0.261 e. The molecule has 4 rings (SSSR count). The van der Waals surface area contributed by atoms with E-state index in [1.807, 2.05) is 34.3 Å². The van der Waals surface area contributed by atoms with E-state index in [9.17, 15) is 4.79 Å². The first-order valence-corrected chi connectivity index (χ1v) is 8.91. The summed E-state index contributed by atoms with van der Waals surface area (Å²) in [5, 5.41) is 13.4. The molecule has 1 amide bonds. The lowest BCUT2D eigenvalue weighted by Crippen LogP contribution is -2.32. The molecule has 0 saturated heterocycles. The van der Waals surface area contributed by atoms with Gasteiger partial charge < -0.3 is 10.1 Å². The van der Waals surface area contributed by atoms with Gasteiger partial charge in [-0.2, -0.15) is 0 Å². The standard InChI is InChI=1S/C17H17N5O2S/c23-17(15-4-2-6-25-15)19-7-12-9-22-14(11-24-10-12)16(20-21-22)13-3-1-5-18-8-13/h1-6,8,12H,7,9-11H2,(H,19,23)/t12-/m1/s1. The van der Waals surface area contributed by atoms with Crippen molar-refractivity contribution in [3.05, 3.63) is 52.6 Å². The zero-order valence-corrected chi connectivity index (χ0v) is 14.3. The highest BCUT2D eigenvalue weighted by Gasteiger charge is 2.23. The van der Waals surface area contributed by atoms with Crippen molar-refractivity contribution in [3.63, 3.8) is 0 Å². The van der Waals surface area contributed by atoms with Crippen LogP contribution in [0.15, 0.2) is 42.0 Å². The van der Waals surface area contributed by atoms with Crippen molar-refractivity contribution in [2.24, 2.45) is 5.92 Å². The molecule has 7 nitrogen and oxygen atoms in total. The van der Waals surface area contributed by atoms with E-state index >= 15 is 0 Å². The Balaban J connectivity index is 1.45. The van der Waals surface area contributed by atoms with E-state index in [2.05, 4.69) is 20.6 Å². The molecular formula is C17H17N5O2S. The Morgan fingerprint density at radius 1 is 1.40 bits per heavy atom. The van der Waals surface area contributed by atoms with Crippen LogP contribution in [0.25, 0.3) is 11.3 Å². The normalized spacial score (nSPS) is 16.9. The van der Waals surface area contributed by atoms with Gasteiger partial charge in [-0.1, -0.05) is 11.3 Å². The van der Waals surface area contributed by atoms with Crippen molar-refractivity contribution in [3.8, 4) is 11.3 Å². The third-order valence-corrected chi connectivity index (χ3v) is 4.96. The van der Waals surface area contributed by atoms with Gasteiger partial charge in [0, 0.05) is 37.0 Å². The maximum atomic E-state index is 12.1. The summed E-state index contributed by atoms with van der Waals surface area (Å²) >= 11 is 1.43. The van der Waals surface area contributed by atoms with Gasteiger partial charge >= 0.3 is 0 Å². The van der Waals surface area contributed by atoms with E-state index in [1.54, 1.807) is 12.4 Å². The number of rotatable bonds is 4. The number of fused-ring (bicyclic) bond motifs is 1. The van der Waals surface area contributed by atoms with Gasteiger partial charge in [0.2, 0.25) is 0 Å². The summed E-state index contributed by atoms with van der Waals surface area (Å²) in [6, 6.07) is 7.53. The topological polar surface area (TPSA) is 81.9 Å². The summed E-state index contributed by atoms with van der Waals surface area (Å²) in [6.07, 6.45) is 3.50. The Bertz CT molecular complexity index is 847. The first-order valence-electron chi connectivity index (χ1n) is 8.03. The van der Waals surface area contributed by atoms with E-state index in [-0.39, 0.29) is 11.8 Å². The molecule has 3 aromatic heterocycles. The number of amides is 1. The van der Waals surface area contributed by atoms with Gasteiger partial charge in [0.05, 0.1) is 23.8 Å². The summed E-state index contributed by atoms with van der Waals surface area (Å²) < 4.78 is 7.68. The molecule has 128 valence electrons. The number of hydrogen-bond acceptors (Lipinski definition) is 6. The second kappa shape index (κ2) is 7.12. The quantitative estimate of drug-likeness (QED) is 0.774. The lowest BCUT2D eigenvalue weighted by Gasteiger charge is -2.14. The smallest absolute Gasteiger partial charge is 0.261 e. The molecule has 0 saturated carbocycles. The van der Waals surface area contributed by atoms with Crippen LogP contribution in [-0.2, 0) is 17.9 Å². The first-order chi connectivity index (χ1) is 12.3. The first kappa shape index (κ1) is 15.9. The number of hydrogen-bond donors (Lipinski definition) is 1. The number of nitrogens with one attached hydrogen (secondary N) is 1. The maximum absolute atomic E-state index is 12.1. The van der Waals surface area contributed by atoms with E-state index < -0.39 is 0 Å². The van der Waals surface area contributed by atoms with Crippen LogP contribution >= 0.6 is 11.3 Å². The molecule has 4 heterocycles. The highest BCUT2D eigenvalue weighted by Crippen LogP contribution is 2.23. The van der Waals surface area contributed by atoms with Gasteiger partial charge in [-0.3, -0.25) is 9.78 Å². The molecule has 1 N–H and O–H groups in total. The van der Waals surface area contributed by atoms with Crippen LogP contribution in [-0.4, -0.2) is 39.0 Å². The fraction of sp³-hybridized carbons (Fsp3) is 0.294. The number of nitrogens with zero attached hydrogens (tertiary/aromatic N) is 4. The largest absolute Gasteiger partial charge is 0.375 e. The van der Waals surface area contributed by atoms with Gasteiger partial charge in [-0.05, 0) is 23.6 Å². The van der Waals surface area contributed by atoms with Crippen molar-refractivity contribution in [2.45, 2.75) is 13.2 Å². The van der Waals surface area contributed by atoms with Crippen LogP contribution in [0.3, 0.4) is 0 Å². The Labute approximate surface area is 148 Å².